The van der Waals surface area contributed by atoms with Gasteiger partial charge in [-0.05, 0) is 31.7 Å². The molecule has 0 bridgehead atoms. The van der Waals surface area contributed by atoms with Gasteiger partial charge in [0.05, 0.1) is 19.9 Å². The largest absolute Gasteiger partial charge is 0.493 e. The monoisotopic (exact) mass is 261 g/mol. The van der Waals surface area contributed by atoms with Crippen LogP contribution in [0.3, 0.4) is 0 Å². The zero-order valence-electron chi connectivity index (χ0n) is 11.5. The Balaban J connectivity index is 2.46. The number of hydrogen-bond donors (Lipinski definition) is 2. The summed E-state index contributed by atoms with van der Waals surface area (Å²) in [4.78, 5) is 7.77. The summed E-state index contributed by atoms with van der Waals surface area (Å²) < 4.78 is 10.6. The minimum atomic E-state index is 0.585. The van der Waals surface area contributed by atoms with Crippen molar-refractivity contribution in [2.24, 2.45) is 5.73 Å². The number of rotatable bonds is 5. The van der Waals surface area contributed by atoms with E-state index in [1.165, 1.54) is 0 Å². The highest BCUT2D eigenvalue weighted by atomic mass is 16.5. The minimum absolute atomic E-state index is 0.585. The van der Waals surface area contributed by atoms with E-state index in [-0.39, 0.29) is 0 Å². The maximum Gasteiger partial charge on any atom is 0.161 e. The van der Waals surface area contributed by atoms with Gasteiger partial charge in [-0.2, -0.15) is 0 Å². The number of nitrogens with zero attached hydrogens (tertiary/aromatic N) is 1. The molecule has 0 atom stereocenters. The first-order valence-electron chi connectivity index (χ1n) is 6.17. The molecule has 0 saturated carbocycles. The van der Waals surface area contributed by atoms with Gasteiger partial charge >= 0.3 is 0 Å². The summed E-state index contributed by atoms with van der Waals surface area (Å²) in [7, 11) is 3.24. The Hall–Kier alpha value is -2.01. The zero-order chi connectivity index (χ0) is 13.8. The average molecular weight is 261 g/mol. The Morgan fingerprint density at radius 1 is 1.21 bits per heavy atom. The first-order valence-corrected chi connectivity index (χ1v) is 6.17. The van der Waals surface area contributed by atoms with E-state index in [2.05, 4.69) is 9.97 Å². The molecule has 0 amide bonds. The molecule has 5 heteroatoms. The number of nitrogens with two attached hydrogens (primary N) is 1. The summed E-state index contributed by atoms with van der Waals surface area (Å²) >= 11 is 0. The van der Waals surface area contributed by atoms with Crippen LogP contribution in [0.2, 0.25) is 0 Å². The molecule has 0 aliphatic rings. The number of aromatic amines is 1. The van der Waals surface area contributed by atoms with Gasteiger partial charge in [-0.1, -0.05) is 0 Å². The van der Waals surface area contributed by atoms with Crippen molar-refractivity contribution in [3.8, 4) is 22.8 Å². The summed E-state index contributed by atoms with van der Waals surface area (Å²) in [5.41, 5.74) is 8.59. The molecule has 0 saturated heterocycles. The number of hydrogen-bond acceptors (Lipinski definition) is 4. The third-order valence-electron chi connectivity index (χ3n) is 2.95. The van der Waals surface area contributed by atoms with Crippen molar-refractivity contribution in [2.75, 3.05) is 20.8 Å². The van der Waals surface area contributed by atoms with Gasteiger partial charge in [0.25, 0.3) is 0 Å². The fraction of sp³-hybridized carbons (Fsp3) is 0.357. The molecule has 3 N–H and O–H groups in total. The highest BCUT2D eigenvalue weighted by molar-refractivity contribution is 5.66. The molecule has 0 unspecified atom stereocenters. The van der Waals surface area contributed by atoms with Crippen LogP contribution in [0.4, 0.5) is 0 Å². The van der Waals surface area contributed by atoms with Crippen molar-refractivity contribution in [1.29, 1.82) is 0 Å². The molecule has 5 nitrogen and oxygen atoms in total. The number of H-pyrrole nitrogens is 1. The third-order valence-corrected chi connectivity index (χ3v) is 2.95. The molecule has 2 aromatic rings. The number of imidazole rings is 1. The fourth-order valence-electron chi connectivity index (χ4n) is 2.09. The molecule has 1 aromatic carbocycles. The first kappa shape index (κ1) is 13.4. The van der Waals surface area contributed by atoms with Crippen LogP contribution in [-0.4, -0.2) is 30.7 Å². The molecule has 102 valence electrons. The van der Waals surface area contributed by atoms with Crippen LogP contribution in [0.15, 0.2) is 18.2 Å². The highest BCUT2D eigenvalue weighted by Gasteiger charge is 2.12. The smallest absolute Gasteiger partial charge is 0.161 e. The van der Waals surface area contributed by atoms with Gasteiger partial charge in [0, 0.05) is 17.7 Å². The van der Waals surface area contributed by atoms with E-state index in [0.717, 1.165) is 29.2 Å². The molecule has 1 heterocycles. The molecule has 19 heavy (non-hydrogen) atoms. The van der Waals surface area contributed by atoms with Crippen LogP contribution < -0.4 is 15.2 Å². The van der Waals surface area contributed by atoms with E-state index >= 15 is 0 Å². The van der Waals surface area contributed by atoms with Crippen molar-refractivity contribution >= 4 is 0 Å². The zero-order valence-corrected chi connectivity index (χ0v) is 11.5. The van der Waals surface area contributed by atoms with Crippen LogP contribution >= 0.6 is 0 Å². The van der Waals surface area contributed by atoms with E-state index in [9.17, 15) is 0 Å². The second kappa shape index (κ2) is 5.75. The van der Waals surface area contributed by atoms with Crippen LogP contribution in [0.25, 0.3) is 11.3 Å². The standard InChI is InChI=1S/C14H19N3O2/c1-9-16-11(6-7-15)14(17-9)10-4-5-12(18-2)13(8-10)19-3/h4-5,8H,6-7,15H2,1-3H3,(H,16,17). The van der Waals surface area contributed by atoms with Crippen molar-refractivity contribution < 1.29 is 9.47 Å². The lowest BCUT2D eigenvalue weighted by Gasteiger charge is -2.09. The summed E-state index contributed by atoms with van der Waals surface area (Å²) in [6, 6.07) is 5.77. The summed E-state index contributed by atoms with van der Waals surface area (Å²) in [6.45, 7) is 2.52. The van der Waals surface area contributed by atoms with E-state index in [1.807, 2.05) is 25.1 Å². The number of aryl methyl sites for hydroxylation is 1. The van der Waals surface area contributed by atoms with Crippen LogP contribution in [-0.2, 0) is 6.42 Å². The van der Waals surface area contributed by atoms with Crippen molar-refractivity contribution in [3.63, 3.8) is 0 Å². The first-order chi connectivity index (χ1) is 9.19. The van der Waals surface area contributed by atoms with E-state index in [0.29, 0.717) is 18.0 Å². The lowest BCUT2D eigenvalue weighted by Crippen LogP contribution is -2.04. The maximum atomic E-state index is 5.63. The number of nitrogens with one attached hydrogen (secondary N) is 1. The Morgan fingerprint density at radius 3 is 2.58 bits per heavy atom. The van der Waals surface area contributed by atoms with Gasteiger partial charge in [-0.25, -0.2) is 4.98 Å². The van der Waals surface area contributed by atoms with Crippen molar-refractivity contribution in [3.05, 3.63) is 29.7 Å². The van der Waals surface area contributed by atoms with Gasteiger partial charge in [0.2, 0.25) is 0 Å². The molecule has 0 fully saturated rings. The Bertz CT molecular complexity index is 564. The SMILES string of the molecule is COc1ccc(-c2nc(C)[nH]c2CCN)cc1OC. The van der Waals surface area contributed by atoms with E-state index in [4.69, 9.17) is 15.2 Å². The molecule has 1 aromatic heterocycles. The normalized spacial score (nSPS) is 10.5. The van der Waals surface area contributed by atoms with Crippen LogP contribution in [0, 0.1) is 6.92 Å². The molecule has 0 aliphatic heterocycles. The van der Waals surface area contributed by atoms with Crippen molar-refractivity contribution in [1.82, 2.24) is 9.97 Å². The average Bonchev–Trinajstić information content (AvgIpc) is 2.79. The molecular formula is C14H19N3O2. The van der Waals surface area contributed by atoms with Crippen molar-refractivity contribution in [2.45, 2.75) is 13.3 Å². The Morgan fingerprint density at radius 2 is 1.95 bits per heavy atom. The topological polar surface area (TPSA) is 73.2 Å². The number of ether oxygens (including phenoxy) is 2. The molecule has 0 radical (unpaired) electrons. The molecule has 0 spiro atoms. The van der Waals surface area contributed by atoms with Gasteiger partial charge in [0.15, 0.2) is 11.5 Å². The summed E-state index contributed by atoms with van der Waals surface area (Å²) in [6.07, 6.45) is 0.768. The minimum Gasteiger partial charge on any atom is -0.493 e. The van der Waals surface area contributed by atoms with Crippen LogP contribution in [0.5, 0.6) is 11.5 Å². The van der Waals surface area contributed by atoms with E-state index < -0.39 is 0 Å². The summed E-state index contributed by atoms with van der Waals surface area (Å²) in [5.74, 6) is 2.28. The quantitative estimate of drug-likeness (QED) is 0.862. The maximum absolute atomic E-state index is 5.63. The Kier molecular flexibility index (Phi) is 4.06. The summed E-state index contributed by atoms with van der Waals surface area (Å²) in [5, 5.41) is 0. The number of benzene rings is 1. The van der Waals surface area contributed by atoms with Gasteiger partial charge in [-0.15, -0.1) is 0 Å². The van der Waals surface area contributed by atoms with Crippen LogP contribution in [0.1, 0.15) is 11.5 Å². The lowest BCUT2D eigenvalue weighted by molar-refractivity contribution is 0.355. The fourth-order valence-corrected chi connectivity index (χ4v) is 2.09. The lowest BCUT2D eigenvalue weighted by atomic mass is 10.1. The second-order valence-electron chi connectivity index (χ2n) is 4.26. The van der Waals surface area contributed by atoms with Gasteiger partial charge in [0.1, 0.15) is 5.82 Å². The predicted octanol–water partition coefficient (Wildman–Crippen LogP) is 1.90. The molecule has 0 aliphatic carbocycles. The number of aromatic nitrogens is 2. The van der Waals surface area contributed by atoms with Gasteiger partial charge < -0.3 is 20.2 Å². The number of methoxy groups -OCH3 is 2. The molecular weight excluding hydrogens is 242 g/mol. The van der Waals surface area contributed by atoms with Gasteiger partial charge in [-0.3, -0.25) is 0 Å². The Labute approximate surface area is 112 Å². The predicted molar refractivity (Wildman–Crippen MR) is 74.6 cm³/mol. The second-order valence-corrected chi connectivity index (χ2v) is 4.26. The highest BCUT2D eigenvalue weighted by Crippen LogP contribution is 2.32. The molecule has 2 rings (SSSR count). The third kappa shape index (κ3) is 2.71. The van der Waals surface area contributed by atoms with E-state index in [1.54, 1.807) is 14.2 Å².